The average Bonchev–Trinajstić information content (AvgIpc) is 3.03. The van der Waals surface area contributed by atoms with Gasteiger partial charge in [-0.15, -0.1) is 11.3 Å². The number of halogens is 1. The van der Waals surface area contributed by atoms with Crippen molar-refractivity contribution in [1.82, 2.24) is 9.55 Å². The topological polar surface area (TPSA) is 64.0 Å². The molecule has 5 nitrogen and oxygen atoms in total. The molecule has 0 saturated carbocycles. The molecule has 0 saturated heterocycles. The molecule has 1 N–H and O–H groups in total. The summed E-state index contributed by atoms with van der Waals surface area (Å²) < 4.78 is 1.48. The number of aromatic nitrogens is 2. The minimum Gasteiger partial charge on any atom is -0.325 e. The van der Waals surface area contributed by atoms with Crippen LogP contribution in [0, 0.1) is 0 Å². The van der Waals surface area contributed by atoms with Crippen LogP contribution >= 0.6 is 34.7 Å². The van der Waals surface area contributed by atoms with Crippen LogP contribution in [0.4, 0.5) is 5.69 Å². The molecule has 0 spiro atoms. The van der Waals surface area contributed by atoms with Crippen LogP contribution in [0.1, 0.15) is 6.92 Å². The van der Waals surface area contributed by atoms with Gasteiger partial charge in [0.2, 0.25) is 5.91 Å². The van der Waals surface area contributed by atoms with Gasteiger partial charge < -0.3 is 5.32 Å². The van der Waals surface area contributed by atoms with E-state index in [4.69, 9.17) is 11.6 Å². The van der Waals surface area contributed by atoms with E-state index in [2.05, 4.69) is 10.3 Å². The molecule has 2 aromatic heterocycles. The summed E-state index contributed by atoms with van der Waals surface area (Å²) in [5.74, 6) is -0.164. The number of thiophene rings is 1. The lowest BCUT2D eigenvalue weighted by Gasteiger charge is -2.13. The molecular weight excluding hydrogens is 366 g/mol. The second-order valence-electron chi connectivity index (χ2n) is 5.15. The third-order valence-corrected chi connectivity index (χ3v) is 5.63. The van der Waals surface area contributed by atoms with Gasteiger partial charge in [0.15, 0.2) is 5.16 Å². The molecule has 1 atom stereocenters. The molecule has 1 amide bonds. The van der Waals surface area contributed by atoms with E-state index in [1.807, 2.05) is 5.38 Å². The average molecular weight is 380 g/mol. The predicted octanol–water partition coefficient (Wildman–Crippen LogP) is 3.77. The lowest BCUT2D eigenvalue weighted by molar-refractivity contribution is -0.115. The smallest absolute Gasteiger partial charge is 0.262 e. The van der Waals surface area contributed by atoms with Crippen LogP contribution in [-0.2, 0) is 11.8 Å². The highest BCUT2D eigenvalue weighted by atomic mass is 35.5. The lowest BCUT2D eigenvalue weighted by atomic mass is 10.3. The molecule has 124 valence electrons. The molecule has 0 bridgehead atoms. The van der Waals surface area contributed by atoms with Crippen LogP contribution in [-0.4, -0.2) is 20.7 Å². The molecule has 24 heavy (non-hydrogen) atoms. The fourth-order valence-corrected chi connectivity index (χ4v) is 3.88. The van der Waals surface area contributed by atoms with E-state index >= 15 is 0 Å². The molecule has 0 aliphatic rings. The van der Waals surface area contributed by atoms with Crippen molar-refractivity contribution in [2.75, 3.05) is 5.32 Å². The number of benzene rings is 1. The first-order chi connectivity index (χ1) is 11.5. The summed E-state index contributed by atoms with van der Waals surface area (Å²) in [5.41, 5.74) is 0.571. The highest BCUT2D eigenvalue weighted by Crippen LogP contribution is 2.25. The largest absolute Gasteiger partial charge is 0.325 e. The highest BCUT2D eigenvalue weighted by Gasteiger charge is 2.18. The summed E-state index contributed by atoms with van der Waals surface area (Å²) in [6.45, 7) is 1.78. The molecule has 0 radical (unpaired) electrons. The van der Waals surface area contributed by atoms with Crippen molar-refractivity contribution in [1.29, 1.82) is 0 Å². The van der Waals surface area contributed by atoms with Crippen molar-refractivity contribution in [3.05, 3.63) is 51.1 Å². The fourth-order valence-electron chi connectivity index (χ4n) is 2.07. The van der Waals surface area contributed by atoms with Gasteiger partial charge in [0, 0.05) is 17.8 Å². The van der Waals surface area contributed by atoms with Crippen LogP contribution < -0.4 is 10.9 Å². The molecule has 3 aromatic rings. The van der Waals surface area contributed by atoms with Gasteiger partial charge in [0.25, 0.3) is 5.56 Å². The number of nitrogens with zero attached hydrogens (tertiary/aromatic N) is 2. The zero-order chi connectivity index (χ0) is 17.3. The van der Waals surface area contributed by atoms with Crippen molar-refractivity contribution < 1.29 is 4.79 Å². The number of thioether (sulfide) groups is 1. The summed E-state index contributed by atoms with van der Waals surface area (Å²) >= 11 is 8.50. The molecule has 8 heteroatoms. The summed E-state index contributed by atoms with van der Waals surface area (Å²) in [6, 6.07) is 8.67. The first-order valence-corrected chi connectivity index (χ1v) is 9.27. The summed E-state index contributed by atoms with van der Waals surface area (Å²) in [6.07, 6.45) is 0. The molecule has 1 unspecified atom stereocenters. The number of fused-ring (bicyclic) bond motifs is 1. The van der Waals surface area contributed by atoms with Crippen molar-refractivity contribution in [2.24, 2.45) is 7.05 Å². The van der Waals surface area contributed by atoms with Crippen molar-refractivity contribution in [3.8, 4) is 0 Å². The number of rotatable bonds is 4. The molecule has 3 rings (SSSR count). The number of nitrogens with one attached hydrogen (secondary N) is 1. The number of anilines is 1. The Kier molecular flexibility index (Phi) is 4.93. The van der Waals surface area contributed by atoms with E-state index in [9.17, 15) is 9.59 Å². The molecule has 1 aromatic carbocycles. The monoisotopic (exact) mass is 379 g/mol. The maximum absolute atomic E-state index is 12.3. The molecule has 0 fully saturated rings. The zero-order valence-electron chi connectivity index (χ0n) is 12.9. The van der Waals surface area contributed by atoms with Gasteiger partial charge in [-0.05, 0) is 42.6 Å². The second-order valence-corrected chi connectivity index (χ2v) is 7.79. The Balaban J connectivity index is 1.77. The lowest BCUT2D eigenvalue weighted by Crippen LogP contribution is -2.25. The van der Waals surface area contributed by atoms with Crippen molar-refractivity contribution >= 4 is 56.5 Å². The molecular formula is C16H14ClN3O2S2. The third-order valence-electron chi connectivity index (χ3n) is 3.43. The number of hydrogen-bond acceptors (Lipinski definition) is 5. The van der Waals surface area contributed by atoms with E-state index in [1.165, 1.54) is 27.7 Å². The number of carbonyl (C=O) groups is 1. The minimum absolute atomic E-state index is 0.103. The van der Waals surface area contributed by atoms with Gasteiger partial charge in [-0.2, -0.15) is 0 Å². The van der Waals surface area contributed by atoms with E-state index in [0.29, 0.717) is 26.1 Å². The first-order valence-electron chi connectivity index (χ1n) is 7.13. The van der Waals surface area contributed by atoms with E-state index in [1.54, 1.807) is 44.3 Å². The Morgan fingerprint density at radius 3 is 2.75 bits per heavy atom. The summed E-state index contributed by atoms with van der Waals surface area (Å²) in [4.78, 5) is 29.8. The second kappa shape index (κ2) is 6.96. The Labute approximate surface area is 151 Å². The van der Waals surface area contributed by atoms with E-state index in [0.717, 1.165) is 0 Å². The van der Waals surface area contributed by atoms with Gasteiger partial charge in [-0.1, -0.05) is 23.4 Å². The van der Waals surface area contributed by atoms with Crippen molar-refractivity contribution in [3.63, 3.8) is 0 Å². The summed E-state index contributed by atoms with van der Waals surface area (Å²) in [7, 11) is 1.67. The quantitative estimate of drug-likeness (QED) is 0.553. The normalized spacial score (nSPS) is 12.3. The Morgan fingerprint density at radius 2 is 2.04 bits per heavy atom. The van der Waals surface area contributed by atoms with Crippen LogP contribution in [0.5, 0.6) is 0 Å². The third kappa shape index (κ3) is 3.48. The Morgan fingerprint density at radius 1 is 1.33 bits per heavy atom. The number of carbonyl (C=O) groups excluding carboxylic acids is 1. The van der Waals surface area contributed by atoms with Crippen LogP contribution in [0.2, 0.25) is 5.02 Å². The van der Waals surface area contributed by atoms with Gasteiger partial charge in [-0.3, -0.25) is 14.2 Å². The first kappa shape index (κ1) is 17.0. The van der Waals surface area contributed by atoms with Crippen LogP contribution in [0.15, 0.2) is 45.7 Å². The molecule has 0 aliphatic carbocycles. The molecule has 2 heterocycles. The van der Waals surface area contributed by atoms with Crippen LogP contribution in [0.3, 0.4) is 0 Å². The highest BCUT2D eigenvalue weighted by molar-refractivity contribution is 8.00. The zero-order valence-corrected chi connectivity index (χ0v) is 15.3. The standard InChI is InChI=1S/C16H14ClN3O2S2/c1-9(13(21)18-11-5-3-10(17)4-6-11)24-16-19-14-12(7-8-23-14)15(22)20(16)2/h3-9H,1-2H3,(H,18,21). The maximum atomic E-state index is 12.3. The number of hydrogen-bond donors (Lipinski definition) is 1. The fraction of sp³-hybridized carbons (Fsp3) is 0.188. The van der Waals surface area contributed by atoms with E-state index in [-0.39, 0.29) is 11.5 Å². The molecule has 0 aliphatic heterocycles. The number of amides is 1. The summed E-state index contributed by atoms with van der Waals surface area (Å²) in [5, 5.41) is 5.99. The van der Waals surface area contributed by atoms with Gasteiger partial charge in [0.05, 0.1) is 10.6 Å². The Hall–Kier alpha value is -1.83. The van der Waals surface area contributed by atoms with Crippen LogP contribution in [0.25, 0.3) is 10.2 Å². The minimum atomic E-state index is -0.406. The maximum Gasteiger partial charge on any atom is 0.262 e. The van der Waals surface area contributed by atoms with Gasteiger partial charge in [0.1, 0.15) is 4.83 Å². The predicted molar refractivity (Wildman–Crippen MR) is 100 cm³/mol. The van der Waals surface area contributed by atoms with Crippen molar-refractivity contribution in [2.45, 2.75) is 17.3 Å². The van der Waals surface area contributed by atoms with Gasteiger partial charge >= 0.3 is 0 Å². The van der Waals surface area contributed by atoms with E-state index < -0.39 is 5.25 Å². The Bertz CT molecular complexity index is 950. The SMILES string of the molecule is CC(Sc1nc2sccc2c(=O)n1C)C(=O)Nc1ccc(Cl)cc1. The van der Waals surface area contributed by atoms with Gasteiger partial charge in [-0.25, -0.2) is 4.98 Å².